The van der Waals surface area contributed by atoms with Gasteiger partial charge in [-0.15, -0.1) is 11.3 Å². The van der Waals surface area contributed by atoms with Gasteiger partial charge in [0.15, 0.2) is 0 Å². The second kappa shape index (κ2) is 5.30. The summed E-state index contributed by atoms with van der Waals surface area (Å²) in [5.41, 5.74) is 1.52. The lowest BCUT2D eigenvalue weighted by Gasteiger charge is -2.04. The van der Waals surface area contributed by atoms with E-state index in [9.17, 15) is 8.42 Å². The zero-order chi connectivity index (χ0) is 12.2. The second-order valence-corrected chi connectivity index (χ2v) is 5.71. The van der Waals surface area contributed by atoms with Crippen LogP contribution in [-0.2, 0) is 14.3 Å². The van der Waals surface area contributed by atoms with Crippen molar-refractivity contribution < 1.29 is 12.6 Å². The first-order valence-corrected chi connectivity index (χ1v) is 7.20. The molecule has 0 aliphatic heterocycles. The van der Waals surface area contributed by atoms with Gasteiger partial charge in [-0.05, 0) is 17.9 Å². The Morgan fingerprint density at radius 2 is 2.31 bits per heavy atom. The van der Waals surface area contributed by atoms with Crippen LogP contribution in [0.1, 0.15) is 11.1 Å². The summed E-state index contributed by atoms with van der Waals surface area (Å²) in [7, 11) is -3.39. The maximum absolute atomic E-state index is 10.7. The number of nitrogens with zero attached hydrogens (tertiary/aromatic N) is 1. The molecule has 0 bridgehead atoms. The molecule has 1 heterocycles. The summed E-state index contributed by atoms with van der Waals surface area (Å²) >= 11 is 1.42. The highest BCUT2D eigenvalue weighted by Crippen LogP contribution is 2.26. The van der Waals surface area contributed by atoms with Gasteiger partial charge in [-0.1, -0.05) is 0 Å². The first-order chi connectivity index (χ1) is 7.44. The van der Waals surface area contributed by atoms with Crippen LogP contribution in [0.15, 0.2) is 5.38 Å². The zero-order valence-electron chi connectivity index (χ0n) is 8.98. The van der Waals surface area contributed by atoms with Gasteiger partial charge in [0.05, 0.1) is 18.4 Å². The molecule has 5 nitrogen and oxygen atoms in total. The van der Waals surface area contributed by atoms with Gasteiger partial charge in [-0.3, -0.25) is 4.18 Å². The smallest absolute Gasteiger partial charge is 0.264 e. The molecule has 88 valence electrons. The molecular formula is C9H12N2O3S2. The van der Waals surface area contributed by atoms with Crippen LogP contribution in [0.2, 0.25) is 0 Å². The van der Waals surface area contributed by atoms with E-state index in [1.54, 1.807) is 0 Å². The molecule has 0 atom stereocenters. The lowest BCUT2D eigenvalue weighted by atomic mass is 10.2. The Kier molecular flexibility index (Phi) is 4.29. The topological polar surface area (TPSA) is 79.2 Å². The van der Waals surface area contributed by atoms with E-state index < -0.39 is 10.1 Å². The minimum atomic E-state index is -3.39. The Balaban J connectivity index is 2.47. The molecule has 0 saturated carbocycles. The molecule has 0 saturated heterocycles. The van der Waals surface area contributed by atoms with Crippen LogP contribution in [-0.4, -0.2) is 27.8 Å². The first-order valence-electron chi connectivity index (χ1n) is 4.50. The van der Waals surface area contributed by atoms with Crippen LogP contribution >= 0.6 is 11.3 Å². The normalized spacial score (nSPS) is 11.1. The van der Waals surface area contributed by atoms with E-state index in [1.165, 1.54) is 11.3 Å². The van der Waals surface area contributed by atoms with Crippen LogP contribution in [0.3, 0.4) is 0 Å². The molecule has 0 fully saturated rings. The predicted octanol–water partition coefficient (Wildman–Crippen LogP) is 1.32. The molecule has 1 aromatic heterocycles. The maximum Gasteiger partial charge on any atom is 0.264 e. The van der Waals surface area contributed by atoms with Crippen molar-refractivity contribution in [3.05, 3.63) is 16.5 Å². The van der Waals surface area contributed by atoms with Crippen molar-refractivity contribution >= 4 is 26.5 Å². The van der Waals surface area contributed by atoms with Crippen molar-refractivity contribution in [2.75, 3.05) is 24.7 Å². The van der Waals surface area contributed by atoms with Crippen molar-refractivity contribution in [1.29, 1.82) is 5.26 Å². The van der Waals surface area contributed by atoms with Gasteiger partial charge in [-0.2, -0.15) is 13.7 Å². The van der Waals surface area contributed by atoms with E-state index in [2.05, 4.69) is 15.6 Å². The molecule has 0 spiro atoms. The van der Waals surface area contributed by atoms with E-state index in [1.807, 2.05) is 12.3 Å². The molecule has 0 unspecified atom stereocenters. The fourth-order valence-electron chi connectivity index (χ4n) is 1.07. The Bertz CT molecular complexity index is 499. The van der Waals surface area contributed by atoms with Crippen molar-refractivity contribution in [1.82, 2.24) is 0 Å². The monoisotopic (exact) mass is 260 g/mol. The number of hydrogen-bond donors (Lipinski definition) is 1. The van der Waals surface area contributed by atoms with Crippen LogP contribution < -0.4 is 5.32 Å². The van der Waals surface area contributed by atoms with Gasteiger partial charge in [0.25, 0.3) is 10.1 Å². The Hall–Kier alpha value is -1.10. The van der Waals surface area contributed by atoms with Gasteiger partial charge < -0.3 is 5.32 Å². The molecular weight excluding hydrogens is 248 g/mol. The summed E-state index contributed by atoms with van der Waals surface area (Å²) in [6, 6.07) is 2.09. The number of nitriles is 1. The molecule has 1 aromatic rings. The van der Waals surface area contributed by atoms with Crippen LogP contribution in [0.25, 0.3) is 0 Å². The zero-order valence-corrected chi connectivity index (χ0v) is 10.6. The largest absolute Gasteiger partial charge is 0.373 e. The number of thiophene rings is 1. The van der Waals surface area contributed by atoms with Crippen LogP contribution in [0.5, 0.6) is 0 Å². The van der Waals surface area contributed by atoms with Crippen molar-refractivity contribution in [2.45, 2.75) is 6.92 Å². The molecule has 0 aromatic carbocycles. The maximum atomic E-state index is 10.7. The number of anilines is 1. The lowest BCUT2D eigenvalue weighted by molar-refractivity contribution is 0.336. The van der Waals surface area contributed by atoms with Crippen molar-refractivity contribution in [3.8, 4) is 6.07 Å². The van der Waals surface area contributed by atoms with E-state index >= 15 is 0 Å². The highest BCUT2D eigenvalue weighted by atomic mass is 32.2. The molecule has 1 rings (SSSR count). The quantitative estimate of drug-likeness (QED) is 0.638. The molecule has 0 radical (unpaired) electrons. The number of hydrogen-bond acceptors (Lipinski definition) is 6. The molecule has 0 aliphatic rings. The Labute approximate surface area is 98.8 Å². The lowest BCUT2D eigenvalue weighted by Crippen LogP contribution is -2.12. The summed E-state index contributed by atoms with van der Waals surface area (Å²) in [5.74, 6) is 0. The van der Waals surface area contributed by atoms with Gasteiger partial charge in [0.1, 0.15) is 11.1 Å². The third-order valence-electron chi connectivity index (χ3n) is 1.77. The van der Waals surface area contributed by atoms with Crippen LogP contribution in [0.4, 0.5) is 5.00 Å². The second-order valence-electron chi connectivity index (χ2n) is 3.19. The SMILES string of the molecule is Cc1csc(NCCOS(C)(=O)=O)c1C#N. The molecule has 0 amide bonds. The molecule has 16 heavy (non-hydrogen) atoms. The third kappa shape index (κ3) is 3.81. The fraction of sp³-hybridized carbons (Fsp3) is 0.444. The minimum Gasteiger partial charge on any atom is -0.373 e. The molecule has 0 aliphatic carbocycles. The predicted molar refractivity (Wildman–Crippen MR) is 63.1 cm³/mol. The van der Waals surface area contributed by atoms with Gasteiger partial charge in [-0.25, -0.2) is 0 Å². The fourth-order valence-corrected chi connectivity index (χ4v) is 2.38. The summed E-state index contributed by atoms with van der Waals surface area (Å²) in [6.45, 7) is 2.26. The standard InChI is InChI=1S/C9H12N2O3S2/c1-7-6-15-9(8(7)5-10)11-3-4-14-16(2,12)13/h6,11H,3-4H2,1-2H3. The highest BCUT2D eigenvalue weighted by molar-refractivity contribution is 7.85. The summed E-state index contributed by atoms with van der Waals surface area (Å²) in [6.07, 6.45) is 1.00. The van der Waals surface area contributed by atoms with Crippen molar-refractivity contribution in [3.63, 3.8) is 0 Å². The average Bonchev–Trinajstić information content (AvgIpc) is 2.52. The average molecular weight is 260 g/mol. The summed E-state index contributed by atoms with van der Waals surface area (Å²) in [5, 5.41) is 14.4. The van der Waals surface area contributed by atoms with Gasteiger partial charge >= 0.3 is 0 Å². The summed E-state index contributed by atoms with van der Waals surface area (Å²) in [4.78, 5) is 0. The van der Waals surface area contributed by atoms with Gasteiger partial charge in [0, 0.05) is 6.54 Å². The number of nitrogens with one attached hydrogen (secondary N) is 1. The van der Waals surface area contributed by atoms with Crippen LogP contribution in [0, 0.1) is 18.3 Å². The van der Waals surface area contributed by atoms with Gasteiger partial charge in [0.2, 0.25) is 0 Å². The van der Waals surface area contributed by atoms with E-state index in [4.69, 9.17) is 5.26 Å². The summed E-state index contributed by atoms with van der Waals surface area (Å²) < 4.78 is 25.9. The molecule has 7 heteroatoms. The third-order valence-corrected chi connectivity index (χ3v) is 3.42. The first kappa shape index (κ1) is 13.0. The Morgan fingerprint density at radius 1 is 1.62 bits per heavy atom. The number of aryl methyl sites for hydroxylation is 1. The Morgan fingerprint density at radius 3 is 2.88 bits per heavy atom. The number of rotatable bonds is 5. The van der Waals surface area contributed by atoms with E-state index in [0.29, 0.717) is 12.1 Å². The highest BCUT2D eigenvalue weighted by Gasteiger charge is 2.07. The van der Waals surface area contributed by atoms with Crippen molar-refractivity contribution in [2.24, 2.45) is 0 Å². The molecule has 1 N–H and O–H groups in total. The van der Waals surface area contributed by atoms with E-state index in [-0.39, 0.29) is 6.61 Å². The van der Waals surface area contributed by atoms with E-state index in [0.717, 1.165) is 16.8 Å². The minimum absolute atomic E-state index is 0.0562.